The maximum absolute atomic E-state index is 10.4. The van der Waals surface area contributed by atoms with Gasteiger partial charge in [-0.05, 0) is 75.9 Å². The SMILES string of the molecule is CCN1C(=CC=CC2=[N+](C)c3c(ccc4ccccc34)C2(C)C)C(C)(C)c2cc(C)ccc21.Cc1ccc(S(=O)(=O)[O-])cc1. The van der Waals surface area contributed by atoms with E-state index in [-0.39, 0.29) is 15.7 Å². The van der Waals surface area contributed by atoms with Gasteiger partial charge in [0.05, 0.1) is 15.7 Å². The molecule has 0 aromatic heterocycles. The maximum Gasteiger partial charge on any atom is 0.217 e. The minimum absolute atomic E-state index is 0.0113. The Morgan fingerprint density at radius 2 is 1.50 bits per heavy atom. The molecule has 2 heterocycles. The zero-order chi connectivity index (χ0) is 32.0. The number of benzene rings is 4. The van der Waals surface area contributed by atoms with E-state index in [0.717, 1.165) is 12.1 Å². The fourth-order valence-electron chi connectivity index (χ4n) is 6.68. The fourth-order valence-corrected chi connectivity index (χ4v) is 7.15. The van der Waals surface area contributed by atoms with E-state index in [2.05, 4.69) is 131 Å². The molecule has 228 valence electrons. The van der Waals surface area contributed by atoms with Crippen LogP contribution in [0.15, 0.2) is 108 Å². The predicted molar refractivity (Wildman–Crippen MR) is 181 cm³/mol. The van der Waals surface area contributed by atoms with Gasteiger partial charge < -0.3 is 9.45 Å². The fraction of sp³-hybridized carbons (Fsp3) is 0.289. The molecule has 44 heavy (non-hydrogen) atoms. The van der Waals surface area contributed by atoms with Crippen molar-refractivity contribution < 1.29 is 17.5 Å². The molecule has 6 rings (SSSR count). The first-order valence-electron chi connectivity index (χ1n) is 15.1. The van der Waals surface area contributed by atoms with Crippen molar-refractivity contribution in [2.24, 2.45) is 0 Å². The summed E-state index contributed by atoms with van der Waals surface area (Å²) in [6.45, 7) is 16.6. The third-order valence-electron chi connectivity index (χ3n) is 9.09. The van der Waals surface area contributed by atoms with E-state index in [1.807, 2.05) is 6.92 Å². The first kappa shape index (κ1) is 31.4. The van der Waals surface area contributed by atoms with Crippen LogP contribution >= 0.6 is 0 Å². The van der Waals surface area contributed by atoms with E-state index in [1.54, 1.807) is 12.1 Å². The first-order valence-corrected chi connectivity index (χ1v) is 16.5. The molecule has 5 nitrogen and oxygen atoms in total. The predicted octanol–water partition coefficient (Wildman–Crippen LogP) is 8.31. The quantitative estimate of drug-likeness (QED) is 0.173. The maximum atomic E-state index is 10.4. The molecule has 0 aliphatic carbocycles. The molecule has 0 atom stereocenters. The van der Waals surface area contributed by atoms with Gasteiger partial charge in [-0.3, -0.25) is 0 Å². The highest BCUT2D eigenvalue weighted by Gasteiger charge is 2.44. The van der Waals surface area contributed by atoms with Crippen LogP contribution in [-0.2, 0) is 20.9 Å². The smallest absolute Gasteiger partial charge is 0.217 e. The Labute approximate surface area is 262 Å². The average molecular weight is 607 g/mol. The molecule has 0 fully saturated rings. The standard InChI is InChI=1S/C31H35N2.C7H8O3S/c1-8-33-26-19-16-21(2)20-25(26)31(5,6)28(33)15-11-14-27-30(3,4)24-18-17-22-12-9-10-13-23(22)29(24)32(27)7;1-6-2-4-7(5-3-6)11(8,9)10/h9-20H,8H2,1-7H3;2-5H,1H3,(H,8,9,10)/q+1;/p-1. The molecule has 0 spiro atoms. The molecular formula is C38H42N2O3S. The van der Waals surface area contributed by atoms with E-state index in [4.69, 9.17) is 0 Å². The summed E-state index contributed by atoms with van der Waals surface area (Å²) in [4.78, 5) is 2.29. The van der Waals surface area contributed by atoms with Gasteiger partial charge in [0.15, 0.2) is 5.71 Å². The van der Waals surface area contributed by atoms with E-state index in [1.165, 1.54) is 62.4 Å². The molecule has 0 bridgehead atoms. The highest BCUT2D eigenvalue weighted by molar-refractivity contribution is 7.85. The Hall–Kier alpha value is -4.00. The van der Waals surface area contributed by atoms with E-state index >= 15 is 0 Å². The normalized spacial score (nSPS) is 17.7. The molecule has 0 saturated carbocycles. The Kier molecular flexibility index (Phi) is 8.21. The minimum atomic E-state index is -4.27. The Morgan fingerprint density at radius 1 is 0.841 bits per heavy atom. The second-order valence-electron chi connectivity index (χ2n) is 12.8. The number of hydrogen-bond donors (Lipinski definition) is 0. The molecule has 4 aromatic rings. The van der Waals surface area contributed by atoms with Crippen molar-refractivity contribution in [2.45, 2.75) is 64.2 Å². The van der Waals surface area contributed by atoms with Gasteiger partial charge in [0, 0.05) is 35.0 Å². The van der Waals surface area contributed by atoms with Crippen molar-refractivity contribution in [1.29, 1.82) is 0 Å². The number of anilines is 1. The van der Waals surface area contributed by atoms with E-state index < -0.39 is 10.1 Å². The van der Waals surface area contributed by atoms with Crippen LogP contribution in [0, 0.1) is 13.8 Å². The summed E-state index contributed by atoms with van der Waals surface area (Å²) in [5, 5.41) is 2.62. The van der Waals surface area contributed by atoms with Crippen molar-refractivity contribution >= 4 is 38.0 Å². The van der Waals surface area contributed by atoms with Gasteiger partial charge in [0.1, 0.15) is 17.2 Å². The number of fused-ring (bicyclic) bond motifs is 4. The van der Waals surface area contributed by atoms with Crippen molar-refractivity contribution in [1.82, 2.24) is 0 Å². The highest BCUT2D eigenvalue weighted by Crippen LogP contribution is 2.48. The summed E-state index contributed by atoms with van der Waals surface area (Å²) in [5.74, 6) is 0. The highest BCUT2D eigenvalue weighted by atomic mass is 32.2. The number of likely N-dealkylation sites (N-methyl/N-ethyl adjacent to an activating group) is 1. The van der Waals surface area contributed by atoms with Gasteiger partial charge in [-0.1, -0.05) is 85.6 Å². The third kappa shape index (κ3) is 5.53. The minimum Gasteiger partial charge on any atom is -0.744 e. The van der Waals surface area contributed by atoms with E-state index in [0.29, 0.717) is 0 Å². The largest absolute Gasteiger partial charge is 0.744 e. The lowest BCUT2D eigenvalue weighted by molar-refractivity contribution is -0.399. The van der Waals surface area contributed by atoms with Crippen LogP contribution in [0.2, 0.25) is 0 Å². The van der Waals surface area contributed by atoms with Gasteiger partial charge in [-0.2, -0.15) is 4.58 Å². The lowest BCUT2D eigenvalue weighted by Gasteiger charge is -2.25. The molecule has 0 unspecified atom stereocenters. The van der Waals surface area contributed by atoms with Gasteiger partial charge in [-0.15, -0.1) is 0 Å². The molecule has 6 heteroatoms. The van der Waals surface area contributed by atoms with Crippen LogP contribution in [-0.4, -0.2) is 36.9 Å². The first-order chi connectivity index (χ1) is 20.7. The van der Waals surface area contributed by atoms with Crippen LogP contribution in [0.4, 0.5) is 11.4 Å². The molecule has 2 aliphatic heterocycles. The third-order valence-corrected chi connectivity index (χ3v) is 9.94. The molecule has 0 saturated heterocycles. The molecular weight excluding hydrogens is 564 g/mol. The summed E-state index contributed by atoms with van der Waals surface area (Å²) in [6.07, 6.45) is 6.91. The zero-order valence-corrected chi connectivity index (χ0v) is 27.8. The summed E-state index contributed by atoms with van der Waals surface area (Å²) >= 11 is 0. The monoisotopic (exact) mass is 606 g/mol. The number of hydrogen-bond acceptors (Lipinski definition) is 4. The van der Waals surface area contributed by atoms with Crippen LogP contribution < -0.4 is 4.90 Å². The molecule has 4 aromatic carbocycles. The van der Waals surface area contributed by atoms with Crippen molar-refractivity contribution in [3.63, 3.8) is 0 Å². The van der Waals surface area contributed by atoms with Crippen LogP contribution in [0.5, 0.6) is 0 Å². The Balaban J connectivity index is 0.000000296. The number of rotatable bonds is 4. The summed E-state index contributed by atoms with van der Waals surface area (Å²) in [5.41, 5.74) is 10.4. The van der Waals surface area contributed by atoms with Crippen molar-refractivity contribution in [3.8, 4) is 0 Å². The summed E-state index contributed by atoms with van der Waals surface area (Å²) in [7, 11) is -2.06. The van der Waals surface area contributed by atoms with Crippen LogP contribution in [0.1, 0.15) is 56.9 Å². The molecule has 2 aliphatic rings. The lowest BCUT2D eigenvalue weighted by Crippen LogP contribution is -2.27. The number of nitrogens with zero attached hydrogens (tertiary/aromatic N) is 2. The second-order valence-corrected chi connectivity index (χ2v) is 14.2. The summed E-state index contributed by atoms with van der Waals surface area (Å²) < 4.78 is 33.6. The molecule has 0 N–H and O–H groups in total. The molecule has 0 amide bonds. The van der Waals surface area contributed by atoms with Gasteiger partial charge in [0.25, 0.3) is 0 Å². The average Bonchev–Trinajstić information content (AvgIpc) is 3.31. The van der Waals surface area contributed by atoms with Crippen LogP contribution in [0.25, 0.3) is 10.8 Å². The van der Waals surface area contributed by atoms with Crippen molar-refractivity contribution in [2.75, 3.05) is 18.5 Å². The van der Waals surface area contributed by atoms with Gasteiger partial charge >= 0.3 is 0 Å². The topological polar surface area (TPSA) is 63.5 Å². The van der Waals surface area contributed by atoms with Crippen molar-refractivity contribution in [3.05, 3.63) is 125 Å². The summed E-state index contributed by atoms with van der Waals surface area (Å²) in [6, 6.07) is 25.9. The Bertz CT molecular complexity index is 1950. The second kappa shape index (κ2) is 11.5. The van der Waals surface area contributed by atoms with E-state index in [9.17, 15) is 13.0 Å². The lowest BCUT2D eigenvalue weighted by atomic mass is 9.80. The van der Waals surface area contributed by atoms with Crippen LogP contribution in [0.3, 0.4) is 0 Å². The number of allylic oxidation sites excluding steroid dienone is 4. The van der Waals surface area contributed by atoms with Gasteiger partial charge in [0.2, 0.25) is 5.69 Å². The number of aryl methyl sites for hydroxylation is 2. The molecule has 0 radical (unpaired) electrons. The zero-order valence-electron chi connectivity index (χ0n) is 27.0. The Morgan fingerprint density at radius 3 is 2.16 bits per heavy atom. The van der Waals surface area contributed by atoms with Gasteiger partial charge in [-0.25, -0.2) is 8.42 Å².